The number of nitrogens with zero attached hydrogens (tertiary/aromatic N) is 4. The highest BCUT2D eigenvalue weighted by atomic mass is 16.5. The van der Waals surface area contributed by atoms with E-state index in [1.165, 1.54) is 5.56 Å². The molecule has 4 aromatic rings. The highest BCUT2D eigenvalue weighted by Gasteiger charge is 2.18. The molecular formula is C24H25N5O3. The molecule has 0 aliphatic heterocycles. The topological polar surface area (TPSA) is 90.6 Å². The lowest BCUT2D eigenvalue weighted by Crippen LogP contribution is -2.18. The molecule has 0 saturated heterocycles. The SMILES string of the molecule is COc1ccc(NC(=O)Cc2c(C)nc3nc(-c4ccc(C)cc4)nn3c2C)c(OC)c1. The number of carbonyl (C=O) groups is 1. The van der Waals surface area contributed by atoms with Crippen molar-refractivity contribution in [2.24, 2.45) is 0 Å². The van der Waals surface area contributed by atoms with Crippen LogP contribution in [0.3, 0.4) is 0 Å². The van der Waals surface area contributed by atoms with Crippen molar-refractivity contribution in [3.63, 3.8) is 0 Å². The van der Waals surface area contributed by atoms with Gasteiger partial charge in [0.25, 0.3) is 5.78 Å². The first-order valence-corrected chi connectivity index (χ1v) is 10.2. The number of carbonyl (C=O) groups excluding carboxylic acids is 1. The van der Waals surface area contributed by atoms with Gasteiger partial charge in [0.15, 0.2) is 5.82 Å². The fraction of sp³-hybridized carbons (Fsp3) is 0.250. The van der Waals surface area contributed by atoms with E-state index in [0.717, 1.165) is 22.5 Å². The van der Waals surface area contributed by atoms with Gasteiger partial charge < -0.3 is 14.8 Å². The first-order chi connectivity index (χ1) is 15.4. The number of hydrogen-bond acceptors (Lipinski definition) is 6. The van der Waals surface area contributed by atoms with Crippen LogP contribution in [0.1, 0.15) is 22.5 Å². The summed E-state index contributed by atoms with van der Waals surface area (Å²) in [6.45, 7) is 5.84. The van der Waals surface area contributed by atoms with Gasteiger partial charge >= 0.3 is 0 Å². The second-order valence-electron chi connectivity index (χ2n) is 7.57. The molecule has 1 amide bonds. The largest absolute Gasteiger partial charge is 0.497 e. The van der Waals surface area contributed by atoms with Crippen molar-refractivity contribution < 1.29 is 14.3 Å². The van der Waals surface area contributed by atoms with Gasteiger partial charge in [-0.15, -0.1) is 5.10 Å². The van der Waals surface area contributed by atoms with E-state index >= 15 is 0 Å². The molecule has 164 valence electrons. The smallest absolute Gasteiger partial charge is 0.253 e. The Morgan fingerprint density at radius 3 is 2.44 bits per heavy atom. The molecule has 0 radical (unpaired) electrons. The number of rotatable bonds is 6. The molecule has 1 N–H and O–H groups in total. The molecule has 8 nitrogen and oxygen atoms in total. The molecule has 2 heterocycles. The maximum Gasteiger partial charge on any atom is 0.253 e. The first kappa shape index (κ1) is 21.3. The zero-order valence-electron chi connectivity index (χ0n) is 18.8. The molecular weight excluding hydrogens is 406 g/mol. The van der Waals surface area contributed by atoms with Crippen molar-refractivity contribution in [2.75, 3.05) is 19.5 Å². The fourth-order valence-corrected chi connectivity index (χ4v) is 3.55. The Kier molecular flexibility index (Phi) is 5.77. The second kappa shape index (κ2) is 8.66. The quantitative estimate of drug-likeness (QED) is 0.498. The number of aryl methyl sites for hydroxylation is 3. The van der Waals surface area contributed by atoms with Crippen LogP contribution in [0.5, 0.6) is 11.5 Å². The third-order valence-electron chi connectivity index (χ3n) is 5.38. The predicted molar refractivity (Wildman–Crippen MR) is 122 cm³/mol. The summed E-state index contributed by atoms with van der Waals surface area (Å²) in [7, 11) is 3.13. The number of aromatic nitrogens is 4. The zero-order valence-corrected chi connectivity index (χ0v) is 18.8. The van der Waals surface area contributed by atoms with Crippen LogP contribution in [-0.2, 0) is 11.2 Å². The summed E-state index contributed by atoms with van der Waals surface area (Å²) < 4.78 is 12.3. The highest BCUT2D eigenvalue weighted by molar-refractivity contribution is 5.94. The lowest BCUT2D eigenvalue weighted by Gasteiger charge is -2.13. The molecule has 4 rings (SSSR count). The van der Waals surface area contributed by atoms with Crippen molar-refractivity contribution in [2.45, 2.75) is 27.2 Å². The minimum Gasteiger partial charge on any atom is -0.497 e. The van der Waals surface area contributed by atoms with E-state index in [9.17, 15) is 4.79 Å². The maximum absolute atomic E-state index is 12.8. The third kappa shape index (κ3) is 4.12. The molecule has 0 saturated carbocycles. The normalized spacial score (nSPS) is 10.9. The van der Waals surface area contributed by atoms with Crippen molar-refractivity contribution in [3.05, 3.63) is 65.0 Å². The van der Waals surface area contributed by atoms with E-state index in [1.807, 2.05) is 45.0 Å². The molecule has 8 heteroatoms. The van der Waals surface area contributed by atoms with Crippen LogP contribution in [0.15, 0.2) is 42.5 Å². The Morgan fingerprint density at radius 2 is 1.75 bits per heavy atom. The van der Waals surface area contributed by atoms with E-state index in [2.05, 4.69) is 20.4 Å². The van der Waals surface area contributed by atoms with Gasteiger partial charge in [0.2, 0.25) is 5.91 Å². The van der Waals surface area contributed by atoms with Gasteiger partial charge in [-0.1, -0.05) is 29.8 Å². The number of nitrogens with one attached hydrogen (secondary N) is 1. The Hall–Kier alpha value is -3.94. The molecule has 0 bridgehead atoms. The third-order valence-corrected chi connectivity index (χ3v) is 5.38. The van der Waals surface area contributed by atoms with E-state index in [1.54, 1.807) is 36.9 Å². The van der Waals surface area contributed by atoms with Gasteiger partial charge in [-0.2, -0.15) is 4.98 Å². The predicted octanol–water partition coefficient (Wildman–Crippen LogP) is 3.91. The zero-order chi connectivity index (χ0) is 22.8. The van der Waals surface area contributed by atoms with Crippen molar-refractivity contribution >= 4 is 17.4 Å². The van der Waals surface area contributed by atoms with Crippen LogP contribution in [-0.4, -0.2) is 39.7 Å². The summed E-state index contributed by atoms with van der Waals surface area (Å²) in [4.78, 5) is 22.0. The van der Waals surface area contributed by atoms with Crippen LogP contribution in [0.25, 0.3) is 17.2 Å². The summed E-state index contributed by atoms with van der Waals surface area (Å²) in [5.41, 5.74) is 5.05. The molecule has 0 fully saturated rings. The van der Waals surface area contributed by atoms with Gasteiger partial charge in [-0.3, -0.25) is 4.79 Å². The van der Waals surface area contributed by atoms with Crippen molar-refractivity contribution in [3.8, 4) is 22.9 Å². The standard InChI is InChI=1S/C24H25N5O3/c1-14-6-8-17(9-7-14)23-27-24-25-15(2)19(16(3)29(24)28-23)13-22(30)26-20-11-10-18(31-4)12-21(20)32-5/h6-12H,13H2,1-5H3,(H,26,30). The molecule has 32 heavy (non-hydrogen) atoms. The van der Waals surface area contributed by atoms with Gasteiger partial charge in [-0.25, -0.2) is 9.50 Å². The van der Waals surface area contributed by atoms with E-state index in [4.69, 9.17) is 9.47 Å². The number of fused-ring (bicyclic) bond motifs is 1. The lowest BCUT2D eigenvalue weighted by atomic mass is 10.1. The fourth-order valence-electron chi connectivity index (χ4n) is 3.55. The number of methoxy groups -OCH3 is 2. The molecule has 0 unspecified atom stereocenters. The average Bonchev–Trinajstić information content (AvgIpc) is 3.21. The van der Waals surface area contributed by atoms with Crippen LogP contribution in [0.2, 0.25) is 0 Å². The molecule has 0 aliphatic carbocycles. The van der Waals surface area contributed by atoms with E-state index < -0.39 is 0 Å². The van der Waals surface area contributed by atoms with Crippen molar-refractivity contribution in [1.29, 1.82) is 0 Å². The minimum atomic E-state index is -0.181. The van der Waals surface area contributed by atoms with E-state index in [0.29, 0.717) is 28.8 Å². The van der Waals surface area contributed by atoms with E-state index in [-0.39, 0.29) is 12.3 Å². The lowest BCUT2D eigenvalue weighted by molar-refractivity contribution is -0.115. The first-order valence-electron chi connectivity index (χ1n) is 10.2. The number of benzene rings is 2. The van der Waals surface area contributed by atoms with Gasteiger partial charge in [0, 0.05) is 28.6 Å². The summed E-state index contributed by atoms with van der Waals surface area (Å²) >= 11 is 0. The monoisotopic (exact) mass is 431 g/mol. The number of amides is 1. The highest BCUT2D eigenvalue weighted by Crippen LogP contribution is 2.29. The van der Waals surface area contributed by atoms with Crippen LogP contribution < -0.4 is 14.8 Å². The number of hydrogen-bond donors (Lipinski definition) is 1. The minimum absolute atomic E-state index is 0.148. The Bertz CT molecular complexity index is 1300. The van der Waals surface area contributed by atoms with Crippen LogP contribution in [0, 0.1) is 20.8 Å². The maximum atomic E-state index is 12.8. The second-order valence-corrected chi connectivity index (χ2v) is 7.57. The Morgan fingerprint density at radius 1 is 1.00 bits per heavy atom. The molecule has 2 aromatic carbocycles. The molecule has 0 atom stereocenters. The van der Waals surface area contributed by atoms with Crippen LogP contribution >= 0.6 is 0 Å². The van der Waals surface area contributed by atoms with Crippen LogP contribution in [0.4, 0.5) is 5.69 Å². The van der Waals surface area contributed by atoms with Crippen molar-refractivity contribution in [1.82, 2.24) is 19.6 Å². The summed E-state index contributed by atoms with van der Waals surface area (Å²) in [6.07, 6.45) is 0.148. The van der Waals surface area contributed by atoms with Gasteiger partial charge in [0.05, 0.1) is 26.3 Å². The molecule has 2 aromatic heterocycles. The summed E-state index contributed by atoms with van der Waals surface area (Å²) in [5, 5.41) is 7.54. The van der Waals surface area contributed by atoms with Gasteiger partial charge in [-0.05, 0) is 32.9 Å². The summed E-state index contributed by atoms with van der Waals surface area (Å²) in [6, 6.07) is 13.3. The molecule has 0 spiro atoms. The summed E-state index contributed by atoms with van der Waals surface area (Å²) in [5.74, 6) is 2.11. The Balaban J connectivity index is 1.61. The number of anilines is 1. The van der Waals surface area contributed by atoms with Gasteiger partial charge in [0.1, 0.15) is 11.5 Å². The number of ether oxygens (including phenoxy) is 2. The Labute approximate surface area is 186 Å². The average molecular weight is 431 g/mol. The molecule has 0 aliphatic rings.